The van der Waals surface area contributed by atoms with Crippen LogP contribution >= 0.6 is 0 Å². The Morgan fingerprint density at radius 2 is 2.33 bits per heavy atom. The van der Waals surface area contributed by atoms with E-state index in [-0.39, 0.29) is 5.92 Å². The first-order chi connectivity index (χ1) is 4.22. The van der Waals surface area contributed by atoms with Gasteiger partial charge in [-0.15, -0.1) is 0 Å². The van der Waals surface area contributed by atoms with Gasteiger partial charge in [0.15, 0.2) is 0 Å². The molecule has 0 aliphatic rings. The molecule has 0 bridgehead atoms. The van der Waals surface area contributed by atoms with Crippen LogP contribution in [0.1, 0.15) is 26.7 Å². The maximum absolute atomic E-state index is 10.3. The summed E-state index contributed by atoms with van der Waals surface area (Å²) in [6.07, 6.45) is 2.97. The summed E-state index contributed by atoms with van der Waals surface area (Å²) in [5, 5.41) is 0. The summed E-state index contributed by atoms with van der Waals surface area (Å²) in [6.45, 7) is 7.68. The number of aldehydes is 1. The number of carbonyl (C=O) groups is 1. The largest absolute Gasteiger partial charge is 0.303 e. The zero-order chi connectivity index (χ0) is 7.28. The molecule has 0 rings (SSSR count). The summed E-state index contributed by atoms with van der Waals surface area (Å²) in [7, 11) is 0. The van der Waals surface area contributed by atoms with Crippen LogP contribution in [0, 0.1) is 5.92 Å². The van der Waals surface area contributed by atoms with Gasteiger partial charge < -0.3 is 4.79 Å². The molecule has 0 saturated heterocycles. The summed E-state index contributed by atoms with van der Waals surface area (Å²) >= 11 is 0. The van der Waals surface area contributed by atoms with E-state index in [4.69, 9.17) is 0 Å². The summed E-state index contributed by atoms with van der Waals surface area (Å²) in [4.78, 5) is 10.3. The van der Waals surface area contributed by atoms with E-state index in [1.807, 2.05) is 6.92 Å². The standard InChI is InChI=1S/C8H14O/c1-4-5-8(6-9)7(2)3/h6,8H,2,4-5H2,1,3H3. The van der Waals surface area contributed by atoms with Gasteiger partial charge in [-0.05, 0) is 13.3 Å². The summed E-state index contributed by atoms with van der Waals surface area (Å²) in [6, 6.07) is 0. The minimum absolute atomic E-state index is 0.0926. The van der Waals surface area contributed by atoms with Gasteiger partial charge in [0.1, 0.15) is 6.29 Å². The Labute approximate surface area is 56.8 Å². The van der Waals surface area contributed by atoms with Gasteiger partial charge in [0.25, 0.3) is 0 Å². The van der Waals surface area contributed by atoms with Crippen LogP contribution in [-0.4, -0.2) is 6.29 Å². The molecule has 0 heterocycles. The first-order valence-corrected chi connectivity index (χ1v) is 3.33. The van der Waals surface area contributed by atoms with Crippen LogP contribution in [0.15, 0.2) is 12.2 Å². The lowest BCUT2D eigenvalue weighted by Crippen LogP contribution is -2.01. The molecule has 0 aliphatic carbocycles. The van der Waals surface area contributed by atoms with Gasteiger partial charge >= 0.3 is 0 Å². The van der Waals surface area contributed by atoms with Gasteiger partial charge in [0.05, 0.1) is 0 Å². The third-order valence-electron chi connectivity index (χ3n) is 1.40. The maximum Gasteiger partial charge on any atom is 0.127 e. The van der Waals surface area contributed by atoms with Crippen LogP contribution in [0.2, 0.25) is 0 Å². The minimum Gasteiger partial charge on any atom is -0.303 e. The quantitative estimate of drug-likeness (QED) is 0.417. The summed E-state index contributed by atoms with van der Waals surface area (Å²) < 4.78 is 0. The van der Waals surface area contributed by atoms with Gasteiger partial charge in [-0.25, -0.2) is 0 Å². The van der Waals surface area contributed by atoms with Crippen molar-refractivity contribution >= 4 is 6.29 Å². The molecular weight excluding hydrogens is 112 g/mol. The number of allylic oxidation sites excluding steroid dienone is 1. The molecule has 0 radical (unpaired) electrons. The first-order valence-electron chi connectivity index (χ1n) is 3.33. The fourth-order valence-electron chi connectivity index (χ4n) is 0.742. The van der Waals surface area contributed by atoms with Crippen LogP contribution in [0.5, 0.6) is 0 Å². The Hall–Kier alpha value is -0.590. The van der Waals surface area contributed by atoms with E-state index in [2.05, 4.69) is 13.5 Å². The van der Waals surface area contributed by atoms with Crippen molar-refractivity contribution in [2.24, 2.45) is 5.92 Å². The monoisotopic (exact) mass is 126 g/mol. The van der Waals surface area contributed by atoms with Crippen molar-refractivity contribution in [1.82, 2.24) is 0 Å². The predicted molar refractivity (Wildman–Crippen MR) is 39.3 cm³/mol. The molecule has 0 N–H and O–H groups in total. The summed E-state index contributed by atoms with van der Waals surface area (Å²) in [5.41, 5.74) is 0.979. The van der Waals surface area contributed by atoms with E-state index < -0.39 is 0 Å². The van der Waals surface area contributed by atoms with Gasteiger partial charge in [0, 0.05) is 5.92 Å². The topological polar surface area (TPSA) is 17.1 Å². The van der Waals surface area contributed by atoms with Crippen LogP contribution < -0.4 is 0 Å². The predicted octanol–water partition coefficient (Wildman–Crippen LogP) is 2.18. The van der Waals surface area contributed by atoms with Crippen LogP contribution in [-0.2, 0) is 4.79 Å². The fraction of sp³-hybridized carbons (Fsp3) is 0.625. The second kappa shape index (κ2) is 4.30. The molecular formula is C8H14O. The average Bonchev–Trinajstić information content (AvgIpc) is 1.82. The van der Waals surface area contributed by atoms with E-state index in [1.54, 1.807) is 0 Å². The lowest BCUT2D eigenvalue weighted by molar-refractivity contribution is -0.110. The number of hydrogen-bond acceptors (Lipinski definition) is 1. The molecule has 9 heavy (non-hydrogen) atoms. The van der Waals surface area contributed by atoms with Crippen LogP contribution in [0.3, 0.4) is 0 Å². The second-order valence-electron chi connectivity index (χ2n) is 2.38. The third-order valence-corrected chi connectivity index (χ3v) is 1.40. The van der Waals surface area contributed by atoms with Gasteiger partial charge in [-0.2, -0.15) is 0 Å². The Morgan fingerprint density at radius 1 is 1.78 bits per heavy atom. The Kier molecular flexibility index (Phi) is 4.02. The average molecular weight is 126 g/mol. The van der Waals surface area contributed by atoms with Crippen molar-refractivity contribution in [2.45, 2.75) is 26.7 Å². The molecule has 0 aliphatic heterocycles. The number of carbonyl (C=O) groups excluding carboxylic acids is 1. The van der Waals surface area contributed by atoms with Crippen LogP contribution in [0.4, 0.5) is 0 Å². The van der Waals surface area contributed by atoms with E-state index in [0.29, 0.717) is 0 Å². The van der Waals surface area contributed by atoms with Crippen molar-refractivity contribution < 1.29 is 4.79 Å². The molecule has 0 aromatic heterocycles. The van der Waals surface area contributed by atoms with E-state index in [0.717, 1.165) is 24.7 Å². The SMILES string of the molecule is C=C(C)C(C=O)CCC. The van der Waals surface area contributed by atoms with Crippen molar-refractivity contribution in [2.75, 3.05) is 0 Å². The van der Waals surface area contributed by atoms with Gasteiger partial charge in [0.2, 0.25) is 0 Å². The maximum atomic E-state index is 10.3. The van der Waals surface area contributed by atoms with Gasteiger partial charge in [-0.1, -0.05) is 25.5 Å². The highest BCUT2D eigenvalue weighted by molar-refractivity contribution is 5.57. The van der Waals surface area contributed by atoms with E-state index in [1.165, 1.54) is 0 Å². The molecule has 1 nitrogen and oxygen atoms in total. The molecule has 0 fully saturated rings. The van der Waals surface area contributed by atoms with E-state index >= 15 is 0 Å². The molecule has 0 spiro atoms. The number of rotatable bonds is 4. The molecule has 1 unspecified atom stereocenters. The smallest absolute Gasteiger partial charge is 0.127 e. The molecule has 1 heteroatoms. The molecule has 0 saturated carbocycles. The summed E-state index contributed by atoms with van der Waals surface area (Å²) in [5.74, 6) is 0.0926. The Morgan fingerprint density at radius 3 is 2.44 bits per heavy atom. The first kappa shape index (κ1) is 8.41. The zero-order valence-corrected chi connectivity index (χ0v) is 6.18. The zero-order valence-electron chi connectivity index (χ0n) is 6.18. The molecule has 1 atom stereocenters. The highest BCUT2D eigenvalue weighted by Crippen LogP contribution is 2.11. The lowest BCUT2D eigenvalue weighted by Gasteiger charge is -2.05. The molecule has 0 aromatic rings. The highest BCUT2D eigenvalue weighted by atomic mass is 16.1. The van der Waals surface area contributed by atoms with Crippen molar-refractivity contribution in [3.63, 3.8) is 0 Å². The van der Waals surface area contributed by atoms with Crippen molar-refractivity contribution in [3.05, 3.63) is 12.2 Å². The molecule has 0 aromatic carbocycles. The minimum atomic E-state index is 0.0926. The third kappa shape index (κ3) is 3.07. The van der Waals surface area contributed by atoms with Crippen molar-refractivity contribution in [3.8, 4) is 0 Å². The van der Waals surface area contributed by atoms with E-state index in [9.17, 15) is 4.79 Å². The Balaban J connectivity index is 3.68. The second-order valence-corrected chi connectivity index (χ2v) is 2.38. The normalized spacial score (nSPS) is 12.7. The molecule has 52 valence electrons. The van der Waals surface area contributed by atoms with Crippen molar-refractivity contribution in [1.29, 1.82) is 0 Å². The van der Waals surface area contributed by atoms with Crippen LogP contribution in [0.25, 0.3) is 0 Å². The number of hydrogen-bond donors (Lipinski definition) is 0. The highest BCUT2D eigenvalue weighted by Gasteiger charge is 2.04. The molecule has 0 amide bonds. The fourth-order valence-corrected chi connectivity index (χ4v) is 0.742. The Bertz CT molecular complexity index is 105. The lowest BCUT2D eigenvalue weighted by atomic mass is 9.99. The van der Waals surface area contributed by atoms with Gasteiger partial charge in [-0.3, -0.25) is 0 Å².